The van der Waals surface area contributed by atoms with Crippen molar-refractivity contribution in [3.8, 4) is 11.8 Å². The second-order valence-corrected chi connectivity index (χ2v) is 5.32. The van der Waals surface area contributed by atoms with Crippen molar-refractivity contribution < 1.29 is 5.11 Å². The van der Waals surface area contributed by atoms with Gasteiger partial charge in [-0.2, -0.15) is 0 Å². The van der Waals surface area contributed by atoms with Gasteiger partial charge in [-0.15, -0.1) is 11.3 Å². The maximum atomic E-state index is 8.64. The van der Waals surface area contributed by atoms with Gasteiger partial charge in [-0.1, -0.05) is 18.8 Å². The molecule has 0 saturated heterocycles. The Morgan fingerprint density at radius 3 is 2.82 bits per heavy atom. The van der Waals surface area contributed by atoms with Crippen LogP contribution in [-0.2, 0) is 6.54 Å². The summed E-state index contributed by atoms with van der Waals surface area (Å²) in [5.74, 6) is 5.62. The van der Waals surface area contributed by atoms with Gasteiger partial charge in [-0.05, 0) is 32.9 Å². The SMILES string of the molecule is CCCN(Cc1cc(C#CCO)cs1)C(C)C. The minimum absolute atomic E-state index is 0.0703. The third kappa shape index (κ3) is 4.91. The standard InChI is InChI=1S/C14H21NOS/c1-4-7-15(12(2)3)10-14-9-13(11-17-14)6-5-8-16/h9,11-12,16H,4,7-8,10H2,1-3H3. The summed E-state index contributed by atoms with van der Waals surface area (Å²) in [6, 6.07) is 2.70. The molecular weight excluding hydrogens is 230 g/mol. The fraction of sp³-hybridized carbons (Fsp3) is 0.571. The highest BCUT2D eigenvalue weighted by Gasteiger charge is 2.10. The molecular formula is C14H21NOS. The summed E-state index contributed by atoms with van der Waals surface area (Å²) < 4.78 is 0. The van der Waals surface area contributed by atoms with Gasteiger partial charge in [0.2, 0.25) is 0 Å². The van der Waals surface area contributed by atoms with Crippen molar-refractivity contribution in [3.63, 3.8) is 0 Å². The summed E-state index contributed by atoms with van der Waals surface area (Å²) in [5, 5.41) is 10.7. The molecule has 1 aromatic rings. The zero-order chi connectivity index (χ0) is 12.7. The first-order valence-electron chi connectivity index (χ1n) is 6.08. The highest BCUT2D eigenvalue weighted by atomic mass is 32.1. The Morgan fingerprint density at radius 1 is 1.47 bits per heavy atom. The van der Waals surface area contributed by atoms with E-state index in [9.17, 15) is 0 Å². The van der Waals surface area contributed by atoms with Gasteiger partial charge in [-0.25, -0.2) is 0 Å². The molecule has 3 heteroatoms. The highest BCUT2D eigenvalue weighted by molar-refractivity contribution is 7.10. The maximum Gasteiger partial charge on any atom is 0.104 e. The molecule has 0 radical (unpaired) electrons. The molecule has 0 aromatic carbocycles. The molecule has 0 aliphatic rings. The van der Waals surface area contributed by atoms with Crippen LogP contribution in [0.5, 0.6) is 0 Å². The molecule has 0 spiro atoms. The first-order chi connectivity index (χ1) is 8.17. The maximum absolute atomic E-state index is 8.64. The van der Waals surface area contributed by atoms with Crippen LogP contribution in [0.1, 0.15) is 37.6 Å². The van der Waals surface area contributed by atoms with Gasteiger partial charge in [0.1, 0.15) is 6.61 Å². The molecule has 0 aliphatic heterocycles. The number of aliphatic hydroxyl groups excluding tert-OH is 1. The first-order valence-corrected chi connectivity index (χ1v) is 6.96. The van der Waals surface area contributed by atoms with Crippen LogP contribution in [0.3, 0.4) is 0 Å². The Bertz CT molecular complexity index is 386. The number of rotatable bonds is 5. The summed E-state index contributed by atoms with van der Waals surface area (Å²) in [6.45, 7) is 8.73. The van der Waals surface area contributed by atoms with Crippen LogP contribution in [-0.4, -0.2) is 29.2 Å². The summed E-state index contributed by atoms with van der Waals surface area (Å²) in [4.78, 5) is 3.81. The normalized spacial score (nSPS) is 10.7. The fourth-order valence-electron chi connectivity index (χ4n) is 1.68. The van der Waals surface area contributed by atoms with Crippen molar-refractivity contribution in [1.82, 2.24) is 4.90 Å². The third-order valence-corrected chi connectivity index (χ3v) is 3.49. The molecule has 0 saturated carbocycles. The molecule has 0 amide bonds. The third-order valence-electron chi connectivity index (χ3n) is 2.57. The Labute approximate surface area is 108 Å². The summed E-state index contributed by atoms with van der Waals surface area (Å²) in [7, 11) is 0. The zero-order valence-electron chi connectivity index (χ0n) is 10.9. The molecule has 1 rings (SSSR count). The molecule has 0 bridgehead atoms. The van der Waals surface area contributed by atoms with Crippen molar-refractivity contribution in [3.05, 3.63) is 21.9 Å². The van der Waals surface area contributed by atoms with Gasteiger partial charge < -0.3 is 5.11 Å². The van der Waals surface area contributed by atoms with Gasteiger partial charge in [0, 0.05) is 28.4 Å². The second-order valence-electron chi connectivity index (χ2n) is 4.33. The molecule has 17 heavy (non-hydrogen) atoms. The Hall–Kier alpha value is -0.820. The molecule has 0 atom stereocenters. The quantitative estimate of drug-likeness (QED) is 0.813. The van der Waals surface area contributed by atoms with Crippen LogP contribution in [0.2, 0.25) is 0 Å². The molecule has 1 aromatic heterocycles. The summed E-state index contributed by atoms with van der Waals surface area (Å²) >= 11 is 1.75. The predicted octanol–water partition coefficient (Wildman–Crippen LogP) is 2.71. The smallest absolute Gasteiger partial charge is 0.104 e. The van der Waals surface area contributed by atoms with E-state index in [0.717, 1.165) is 18.7 Å². The average molecular weight is 251 g/mol. The molecule has 0 fully saturated rings. The molecule has 94 valence electrons. The van der Waals surface area contributed by atoms with Crippen LogP contribution >= 0.6 is 11.3 Å². The lowest BCUT2D eigenvalue weighted by molar-refractivity contribution is 0.215. The Balaban J connectivity index is 2.63. The van der Waals surface area contributed by atoms with E-state index in [4.69, 9.17) is 5.11 Å². The summed E-state index contributed by atoms with van der Waals surface area (Å²) in [6.07, 6.45) is 1.18. The molecule has 1 heterocycles. The predicted molar refractivity (Wildman–Crippen MR) is 74.1 cm³/mol. The van der Waals surface area contributed by atoms with E-state index in [-0.39, 0.29) is 6.61 Å². The lowest BCUT2D eigenvalue weighted by Gasteiger charge is -2.25. The number of hydrogen-bond donors (Lipinski definition) is 1. The second kappa shape index (κ2) is 7.50. The van der Waals surface area contributed by atoms with Gasteiger partial charge in [0.15, 0.2) is 0 Å². The molecule has 1 N–H and O–H groups in total. The van der Waals surface area contributed by atoms with Crippen LogP contribution in [0.25, 0.3) is 0 Å². The van der Waals surface area contributed by atoms with E-state index in [0.29, 0.717) is 6.04 Å². The number of aliphatic hydroxyl groups is 1. The number of hydrogen-bond acceptors (Lipinski definition) is 3. The van der Waals surface area contributed by atoms with Crippen molar-refractivity contribution in [1.29, 1.82) is 0 Å². The minimum Gasteiger partial charge on any atom is -0.384 e. The lowest BCUT2D eigenvalue weighted by atomic mass is 10.2. The van der Waals surface area contributed by atoms with E-state index in [1.54, 1.807) is 11.3 Å². The molecule has 0 aliphatic carbocycles. The van der Waals surface area contributed by atoms with E-state index in [1.807, 2.05) is 0 Å². The summed E-state index contributed by atoms with van der Waals surface area (Å²) in [5.41, 5.74) is 1.01. The van der Waals surface area contributed by atoms with Crippen LogP contribution < -0.4 is 0 Å². The van der Waals surface area contributed by atoms with E-state index < -0.39 is 0 Å². The fourth-order valence-corrected chi connectivity index (χ4v) is 2.52. The number of nitrogens with zero attached hydrogens (tertiary/aromatic N) is 1. The van der Waals surface area contributed by atoms with Crippen molar-refractivity contribution >= 4 is 11.3 Å². The number of thiophene rings is 1. The topological polar surface area (TPSA) is 23.5 Å². The van der Waals surface area contributed by atoms with Crippen molar-refractivity contribution in [2.24, 2.45) is 0 Å². The van der Waals surface area contributed by atoms with E-state index in [2.05, 4.69) is 49.0 Å². The van der Waals surface area contributed by atoms with Crippen LogP contribution in [0.15, 0.2) is 11.4 Å². The zero-order valence-corrected chi connectivity index (χ0v) is 11.7. The van der Waals surface area contributed by atoms with Crippen molar-refractivity contribution in [2.75, 3.05) is 13.2 Å². The lowest BCUT2D eigenvalue weighted by Crippen LogP contribution is -2.30. The monoisotopic (exact) mass is 251 g/mol. The van der Waals surface area contributed by atoms with Crippen LogP contribution in [0.4, 0.5) is 0 Å². The first kappa shape index (κ1) is 14.2. The van der Waals surface area contributed by atoms with Gasteiger partial charge in [-0.3, -0.25) is 4.90 Å². The average Bonchev–Trinajstić information content (AvgIpc) is 2.73. The van der Waals surface area contributed by atoms with Crippen molar-refractivity contribution in [2.45, 2.75) is 39.8 Å². The van der Waals surface area contributed by atoms with E-state index in [1.165, 1.54) is 11.3 Å². The minimum atomic E-state index is -0.0703. The van der Waals surface area contributed by atoms with Gasteiger partial charge in [0.05, 0.1) is 0 Å². The Kier molecular flexibility index (Phi) is 6.28. The molecule has 0 unspecified atom stereocenters. The van der Waals surface area contributed by atoms with Crippen LogP contribution in [0, 0.1) is 11.8 Å². The highest BCUT2D eigenvalue weighted by Crippen LogP contribution is 2.17. The van der Waals surface area contributed by atoms with Gasteiger partial charge in [0.25, 0.3) is 0 Å². The van der Waals surface area contributed by atoms with Gasteiger partial charge >= 0.3 is 0 Å². The Morgan fingerprint density at radius 2 is 2.24 bits per heavy atom. The van der Waals surface area contributed by atoms with E-state index >= 15 is 0 Å². The largest absolute Gasteiger partial charge is 0.384 e. The molecule has 2 nitrogen and oxygen atoms in total.